The lowest BCUT2D eigenvalue weighted by molar-refractivity contribution is -0.147. The fourth-order valence-corrected chi connectivity index (χ4v) is 2.78. The molecule has 0 aromatic carbocycles. The third kappa shape index (κ3) is 2.49. The second kappa shape index (κ2) is 4.79. The number of aromatic nitrogens is 2. The third-order valence-corrected chi connectivity index (χ3v) is 3.65. The lowest BCUT2D eigenvalue weighted by Gasteiger charge is -2.19. The summed E-state index contributed by atoms with van der Waals surface area (Å²) in [4.78, 5) is 3.78. The van der Waals surface area contributed by atoms with Crippen LogP contribution in [0.1, 0.15) is 30.1 Å². The van der Waals surface area contributed by atoms with Crippen molar-refractivity contribution in [2.45, 2.75) is 44.6 Å². The van der Waals surface area contributed by atoms with Crippen LogP contribution in [0.15, 0.2) is 0 Å². The van der Waals surface area contributed by atoms with E-state index < -0.39 is 12.0 Å². The quantitative estimate of drug-likeness (QED) is 0.893. The van der Waals surface area contributed by atoms with E-state index >= 15 is 0 Å². The second-order valence-electron chi connectivity index (χ2n) is 5.00. The van der Waals surface area contributed by atoms with Crippen LogP contribution in [0, 0.1) is 0 Å². The van der Waals surface area contributed by atoms with E-state index in [1.54, 1.807) is 0 Å². The summed E-state index contributed by atoms with van der Waals surface area (Å²) >= 11 is 0. The number of hydrogen-bond donors (Lipinski definition) is 1. The Hall–Kier alpha value is -1.08. The van der Waals surface area contributed by atoms with Gasteiger partial charge in [-0.25, -0.2) is 4.98 Å². The Labute approximate surface area is 109 Å². The number of rotatable bonds is 2. The molecule has 1 N–H and O–H groups in total. The summed E-state index contributed by atoms with van der Waals surface area (Å²) in [5.74, 6) is -0.781. The van der Waals surface area contributed by atoms with Crippen molar-refractivity contribution < 1.29 is 17.9 Å². The van der Waals surface area contributed by atoms with Gasteiger partial charge in [0, 0.05) is 31.8 Å². The molecule has 1 atom stereocenters. The molecule has 1 saturated heterocycles. The monoisotopic (exact) mass is 275 g/mol. The topological polar surface area (TPSA) is 39.1 Å². The van der Waals surface area contributed by atoms with Crippen molar-refractivity contribution in [2.75, 3.05) is 13.2 Å². The maximum absolute atomic E-state index is 13.1. The molecular weight excluding hydrogens is 259 g/mol. The molecule has 7 heteroatoms. The summed E-state index contributed by atoms with van der Waals surface area (Å²) in [5.41, 5.74) is 1.23. The van der Waals surface area contributed by atoms with Gasteiger partial charge in [0.15, 0.2) is 0 Å². The normalized spacial score (nSPS) is 23.6. The van der Waals surface area contributed by atoms with Gasteiger partial charge in [-0.2, -0.15) is 13.2 Å². The zero-order valence-electron chi connectivity index (χ0n) is 10.5. The number of halogens is 3. The standard InChI is InChI=1S/C12H16F3N3O/c13-12(14,15)11-17-9-6-16-4-3-10(9)18(11)7-8-2-1-5-19-8/h8,16H,1-7H2. The molecule has 19 heavy (non-hydrogen) atoms. The van der Waals surface area contributed by atoms with Crippen molar-refractivity contribution in [3.05, 3.63) is 17.2 Å². The minimum atomic E-state index is -4.41. The summed E-state index contributed by atoms with van der Waals surface area (Å²) in [7, 11) is 0. The van der Waals surface area contributed by atoms with E-state index in [4.69, 9.17) is 4.74 Å². The van der Waals surface area contributed by atoms with E-state index in [0.717, 1.165) is 12.8 Å². The number of imidazole rings is 1. The van der Waals surface area contributed by atoms with Crippen LogP contribution >= 0.6 is 0 Å². The molecule has 0 aliphatic carbocycles. The Balaban J connectivity index is 1.96. The Morgan fingerprint density at radius 3 is 2.95 bits per heavy atom. The van der Waals surface area contributed by atoms with E-state index in [9.17, 15) is 13.2 Å². The van der Waals surface area contributed by atoms with Crippen LogP contribution in [-0.2, 0) is 30.4 Å². The lowest BCUT2D eigenvalue weighted by Crippen LogP contribution is -2.27. The number of ether oxygens (including phenoxy) is 1. The van der Waals surface area contributed by atoms with Crippen molar-refractivity contribution in [1.82, 2.24) is 14.9 Å². The zero-order chi connectivity index (χ0) is 13.5. The number of nitrogens with one attached hydrogen (secondary N) is 1. The minimum absolute atomic E-state index is 0.116. The molecule has 106 valence electrons. The van der Waals surface area contributed by atoms with E-state index in [1.807, 2.05) is 0 Å². The smallest absolute Gasteiger partial charge is 0.376 e. The molecular formula is C12H16F3N3O. The number of alkyl halides is 3. The van der Waals surface area contributed by atoms with Gasteiger partial charge in [0.25, 0.3) is 0 Å². The molecule has 2 aliphatic heterocycles. The lowest BCUT2D eigenvalue weighted by atomic mass is 10.1. The van der Waals surface area contributed by atoms with Gasteiger partial charge in [-0.3, -0.25) is 0 Å². The van der Waals surface area contributed by atoms with E-state index in [0.29, 0.717) is 37.5 Å². The van der Waals surface area contributed by atoms with Crippen LogP contribution in [0.5, 0.6) is 0 Å². The van der Waals surface area contributed by atoms with Gasteiger partial charge in [-0.05, 0) is 12.8 Å². The molecule has 3 heterocycles. The predicted octanol–water partition coefficient (Wildman–Crippen LogP) is 1.73. The molecule has 3 rings (SSSR count). The Morgan fingerprint density at radius 1 is 1.42 bits per heavy atom. The first kappa shape index (κ1) is 12.9. The van der Waals surface area contributed by atoms with Crippen LogP contribution < -0.4 is 5.32 Å². The summed E-state index contributed by atoms with van der Waals surface area (Å²) in [6, 6.07) is 0. The SMILES string of the molecule is FC(F)(F)c1nc2c(n1CC1CCCO1)CCNC2. The molecule has 0 radical (unpaired) electrons. The summed E-state index contributed by atoms with van der Waals surface area (Å²) in [6.07, 6.45) is -2.19. The summed E-state index contributed by atoms with van der Waals surface area (Å²) in [5, 5.41) is 3.05. The molecule has 1 aromatic heterocycles. The van der Waals surface area contributed by atoms with Gasteiger partial charge in [0.1, 0.15) is 0 Å². The third-order valence-electron chi connectivity index (χ3n) is 3.65. The second-order valence-corrected chi connectivity index (χ2v) is 5.00. The molecule has 1 aromatic rings. The molecule has 0 spiro atoms. The molecule has 1 unspecified atom stereocenters. The highest BCUT2D eigenvalue weighted by atomic mass is 19.4. The van der Waals surface area contributed by atoms with Crippen molar-refractivity contribution in [1.29, 1.82) is 0 Å². The van der Waals surface area contributed by atoms with Crippen LogP contribution in [0.25, 0.3) is 0 Å². The van der Waals surface area contributed by atoms with Gasteiger partial charge in [-0.15, -0.1) is 0 Å². The fourth-order valence-electron chi connectivity index (χ4n) is 2.78. The maximum atomic E-state index is 13.1. The van der Waals surface area contributed by atoms with Gasteiger partial charge in [0.05, 0.1) is 18.3 Å². The molecule has 0 amide bonds. The largest absolute Gasteiger partial charge is 0.449 e. The van der Waals surface area contributed by atoms with Crippen molar-refractivity contribution >= 4 is 0 Å². The number of nitrogens with zero attached hydrogens (tertiary/aromatic N) is 2. The first-order chi connectivity index (χ1) is 9.05. The Bertz CT molecular complexity index is 464. The van der Waals surface area contributed by atoms with E-state index in [2.05, 4.69) is 10.3 Å². The maximum Gasteiger partial charge on any atom is 0.449 e. The Morgan fingerprint density at radius 2 is 2.26 bits per heavy atom. The summed E-state index contributed by atoms with van der Waals surface area (Å²) in [6.45, 7) is 2.01. The summed E-state index contributed by atoms with van der Waals surface area (Å²) < 4.78 is 46.0. The Kier molecular flexibility index (Phi) is 3.26. The number of hydrogen-bond acceptors (Lipinski definition) is 3. The molecule has 1 fully saturated rings. The van der Waals surface area contributed by atoms with Gasteiger partial charge in [0.2, 0.25) is 5.82 Å². The van der Waals surface area contributed by atoms with Crippen LogP contribution in [0.2, 0.25) is 0 Å². The molecule has 2 aliphatic rings. The first-order valence-electron chi connectivity index (χ1n) is 6.53. The zero-order valence-corrected chi connectivity index (χ0v) is 10.5. The average Bonchev–Trinajstić information content (AvgIpc) is 2.97. The first-order valence-corrected chi connectivity index (χ1v) is 6.53. The van der Waals surface area contributed by atoms with Crippen molar-refractivity contribution in [3.63, 3.8) is 0 Å². The molecule has 0 bridgehead atoms. The van der Waals surface area contributed by atoms with Crippen LogP contribution in [0.3, 0.4) is 0 Å². The highest BCUT2D eigenvalue weighted by molar-refractivity contribution is 5.21. The van der Waals surface area contributed by atoms with E-state index in [1.165, 1.54) is 4.57 Å². The van der Waals surface area contributed by atoms with Crippen molar-refractivity contribution in [2.24, 2.45) is 0 Å². The highest BCUT2D eigenvalue weighted by Crippen LogP contribution is 2.32. The van der Waals surface area contributed by atoms with E-state index in [-0.39, 0.29) is 12.6 Å². The minimum Gasteiger partial charge on any atom is -0.376 e. The van der Waals surface area contributed by atoms with Crippen LogP contribution in [0.4, 0.5) is 13.2 Å². The van der Waals surface area contributed by atoms with Crippen LogP contribution in [-0.4, -0.2) is 28.8 Å². The fraction of sp³-hybridized carbons (Fsp3) is 0.750. The molecule has 4 nitrogen and oxygen atoms in total. The predicted molar refractivity (Wildman–Crippen MR) is 61.6 cm³/mol. The van der Waals surface area contributed by atoms with Gasteiger partial charge in [-0.1, -0.05) is 0 Å². The number of fused-ring (bicyclic) bond motifs is 1. The van der Waals surface area contributed by atoms with Gasteiger partial charge >= 0.3 is 6.18 Å². The average molecular weight is 275 g/mol. The van der Waals surface area contributed by atoms with Crippen molar-refractivity contribution in [3.8, 4) is 0 Å². The van der Waals surface area contributed by atoms with Gasteiger partial charge < -0.3 is 14.6 Å². The molecule has 0 saturated carbocycles. The highest BCUT2D eigenvalue weighted by Gasteiger charge is 2.39.